The summed E-state index contributed by atoms with van der Waals surface area (Å²) in [7, 11) is 0. The molecule has 0 saturated carbocycles. The first kappa shape index (κ1) is 16.3. The standard InChI is InChI=1S/C17H20ClN3O/c1-2-21(12-9-14-7-10-19-11-8-14)17(22)20-13-15-3-5-16(18)6-4-15/h3-8,10-11H,2,9,12-13H2,1H3,(H,20,22). The van der Waals surface area contributed by atoms with Gasteiger partial charge < -0.3 is 10.2 Å². The lowest BCUT2D eigenvalue weighted by Gasteiger charge is -2.21. The number of hydrogen-bond acceptors (Lipinski definition) is 2. The van der Waals surface area contributed by atoms with Gasteiger partial charge in [-0.3, -0.25) is 4.98 Å². The minimum Gasteiger partial charge on any atom is -0.334 e. The normalized spacial score (nSPS) is 10.3. The number of nitrogens with one attached hydrogen (secondary N) is 1. The maximum absolute atomic E-state index is 12.2. The van der Waals surface area contributed by atoms with Gasteiger partial charge in [0.05, 0.1) is 0 Å². The second-order valence-corrected chi connectivity index (χ2v) is 5.41. The van der Waals surface area contributed by atoms with Crippen molar-refractivity contribution in [3.05, 3.63) is 64.9 Å². The molecule has 1 heterocycles. The van der Waals surface area contributed by atoms with Crippen molar-refractivity contribution in [1.82, 2.24) is 15.2 Å². The van der Waals surface area contributed by atoms with Crippen LogP contribution >= 0.6 is 11.6 Å². The van der Waals surface area contributed by atoms with E-state index < -0.39 is 0 Å². The van der Waals surface area contributed by atoms with Crippen LogP contribution < -0.4 is 5.32 Å². The third-order valence-corrected chi connectivity index (χ3v) is 3.70. The summed E-state index contributed by atoms with van der Waals surface area (Å²) in [6.07, 6.45) is 4.36. The molecule has 2 amide bonds. The summed E-state index contributed by atoms with van der Waals surface area (Å²) < 4.78 is 0. The number of amides is 2. The van der Waals surface area contributed by atoms with Gasteiger partial charge in [-0.1, -0.05) is 23.7 Å². The average molecular weight is 318 g/mol. The molecule has 0 radical (unpaired) electrons. The lowest BCUT2D eigenvalue weighted by atomic mass is 10.2. The van der Waals surface area contributed by atoms with E-state index in [1.807, 2.05) is 43.3 Å². The number of carbonyl (C=O) groups is 1. The van der Waals surface area contributed by atoms with Crippen LogP contribution in [0.2, 0.25) is 5.02 Å². The van der Waals surface area contributed by atoms with Crippen molar-refractivity contribution in [3.8, 4) is 0 Å². The first-order valence-corrected chi connectivity index (χ1v) is 7.73. The summed E-state index contributed by atoms with van der Waals surface area (Å²) in [6.45, 7) is 3.85. The van der Waals surface area contributed by atoms with E-state index in [4.69, 9.17) is 11.6 Å². The Labute approximate surface area is 136 Å². The third kappa shape index (κ3) is 5.04. The van der Waals surface area contributed by atoms with Crippen molar-refractivity contribution in [3.63, 3.8) is 0 Å². The van der Waals surface area contributed by atoms with E-state index in [-0.39, 0.29) is 6.03 Å². The fourth-order valence-corrected chi connectivity index (χ4v) is 2.23. The summed E-state index contributed by atoms with van der Waals surface area (Å²) in [4.78, 5) is 18.0. The Balaban J connectivity index is 1.82. The largest absolute Gasteiger partial charge is 0.334 e. The quantitative estimate of drug-likeness (QED) is 0.886. The van der Waals surface area contributed by atoms with E-state index in [2.05, 4.69) is 10.3 Å². The first-order chi connectivity index (χ1) is 10.7. The average Bonchev–Trinajstić information content (AvgIpc) is 2.56. The van der Waals surface area contributed by atoms with Crippen molar-refractivity contribution in [1.29, 1.82) is 0 Å². The molecule has 2 aromatic rings. The predicted molar refractivity (Wildman–Crippen MR) is 88.9 cm³/mol. The fourth-order valence-electron chi connectivity index (χ4n) is 2.11. The van der Waals surface area contributed by atoms with Crippen LogP contribution in [0.5, 0.6) is 0 Å². The van der Waals surface area contributed by atoms with Gasteiger partial charge in [0.25, 0.3) is 0 Å². The highest BCUT2D eigenvalue weighted by Gasteiger charge is 2.10. The van der Waals surface area contributed by atoms with Crippen LogP contribution in [0.3, 0.4) is 0 Å². The summed E-state index contributed by atoms with van der Waals surface area (Å²) in [5.74, 6) is 0. The molecule has 1 aromatic heterocycles. The van der Waals surface area contributed by atoms with Crippen LogP contribution in [0.25, 0.3) is 0 Å². The summed E-state index contributed by atoms with van der Waals surface area (Å²) in [5, 5.41) is 3.63. The van der Waals surface area contributed by atoms with Crippen molar-refractivity contribution >= 4 is 17.6 Å². The Morgan fingerprint density at radius 3 is 2.45 bits per heavy atom. The van der Waals surface area contributed by atoms with Gasteiger partial charge in [-0.15, -0.1) is 0 Å². The minimum absolute atomic E-state index is 0.0495. The predicted octanol–water partition coefficient (Wildman–Crippen LogP) is 3.51. The Kier molecular flexibility index (Phi) is 6.22. The van der Waals surface area contributed by atoms with E-state index in [1.165, 1.54) is 5.56 Å². The van der Waals surface area contributed by atoms with E-state index in [9.17, 15) is 4.79 Å². The van der Waals surface area contributed by atoms with Gasteiger partial charge in [-0.25, -0.2) is 4.79 Å². The van der Waals surface area contributed by atoms with E-state index in [1.54, 1.807) is 17.3 Å². The molecule has 4 nitrogen and oxygen atoms in total. The smallest absolute Gasteiger partial charge is 0.317 e. The number of benzene rings is 1. The molecule has 0 aliphatic rings. The maximum atomic E-state index is 12.2. The molecule has 0 unspecified atom stereocenters. The van der Waals surface area contributed by atoms with Crippen LogP contribution in [0, 0.1) is 0 Å². The zero-order valence-electron chi connectivity index (χ0n) is 12.6. The van der Waals surface area contributed by atoms with Crippen molar-refractivity contribution in [2.75, 3.05) is 13.1 Å². The molecule has 0 saturated heterocycles. The summed E-state index contributed by atoms with van der Waals surface area (Å²) >= 11 is 5.85. The first-order valence-electron chi connectivity index (χ1n) is 7.35. The molecular formula is C17H20ClN3O. The second-order valence-electron chi connectivity index (χ2n) is 4.97. The van der Waals surface area contributed by atoms with E-state index in [0.717, 1.165) is 12.0 Å². The van der Waals surface area contributed by atoms with E-state index in [0.29, 0.717) is 24.7 Å². The molecule has 0 atom stereocenters. The Hall–Kier alpha value is -2.07. The molecular weight excluding hydrogens is 298 g/mol. The number of aromatic nitrogens is 1. The van der Waals surface area contributed by atoms with Gasteiger partial charge in [0.1, 0.15) is 0 Å². The van der Waals surface area contributed by atoms with E-state index >= 15 is 0 Å². The Morgan fingerprint density at radius 2 is 1.82 bits per heavy atom. The number of rotatable bonds is 6. The molecule has 0 aliphatic carbocycles. The highest BCUT2D eigenvalue weighted by atomic mass is 35.5. The van der Waals surface area contributed by atoms with Crippen LogP contribution in [-0.2, 0) is 13.0 Å². The highest BCUT2D eigenvalue weighted by molar-refractivity contribution is 6.30. The summed E-state index contributed by atoms with van der Waals surface area (Å²) in [6, 6.07) is 11.4. The van der Waals surface area contributed by atoms with Crippen LogP contribution in [0.4, 0.5) is 4.79 Å². The number of likely N-dealkylation sites (N-methyl/N-ethyl adjacent to an activating group) is 1. The Bertz CT molecular complexity index is 587. The fraction of sp³-hybridized carbons (Fsp3) is 0.294. The molecule has 22 heavy (non-hydrogen) atoms. The van der Waals surface area contributed by atoms with Gasteiger partial charge in [-0.2, -0.15) is 0 Å². The van der Waals surface area contributed by atoms with Crippen LogP contribution in [0.1, 0.15) is 18.1 Å². The SMILES string of the molecule is CCN(CCc1ccncc1)C(=O)NCc1ccc(Cl)cc1. The molecule has 0 aliphatic heterocycles. The lowest BCUT2D eigenvalue weighted by molar-refractivity contribution is 0.200. The second kappa shape index (κ2) is 8.39. The molecule has 5 heteroatoms. The van der Waals surface area contributed by atoms with Crippen LogP contribution in [-0.4, -0.2) is 29.0 Å². The van der Waals surface area contributed by atoms with Crippen molar-refractivity contribution < 1.29 is 4.79 Å². The number of pyridine rings is 1. The molecule has 0 bridgehead atoms. The molecule has 1 N–H and O–H groups in total. The minimum atomic E-state index is -0.0495. The molecule has 0 spiro atoms. The van der Waals surface area contributed by atoms with Gasteiger partial charge >= 0.3 is 6.03 Å². The zero-order chi connectivity index (χ0) is 15.8. The molecule has 2 rings (SSSR count). The number of hydrogen-bond donors (Lipinski definition) is 1. The van der Waals surface area contributed by atoms with Gasteiger partial charge in [0.2, 0.25) is 0 Å². The molecule has 0 fully saturated rings. The number of nitrogens with zero attached hydrogens (tertiary/aromatic N) is 2. The van der Waals surface area contributed by atoms with Gasteiger partial charge in [0, 0.05) is 37.1 Å². The van der Waals surface area contributed by atoms with Gasteiger partial charge in [-0.05, 0) is 48.7 Å². The Morgan fingerprint density at radius 1 is 1.14 bits per heavy atom. The van der Waals surface area contributed by atoms with Crippen LogP contribution in [0.15, 0.2) is 48.8 Å². The molecule has 116 valence electrons. The topological polar surface area (TPSA) is 45.2 Å². The van der Waals surface area contributed by atoms with Gasteiger partial charge in [0.15, 0.2) is 0 Å². The van der Waals surface area contributed by atoms with Crippen molar-refractivity contribution in [2.45, 2.75) is 19.9 Å². The monoisotopic (exact) mass is 317 g/mol. The maximum Gasteiger partial charge on any atom is 0.317 e. The zero-order valence-corrected chi connectivity index (χ0v) is 13.4. The molecule has 1 aromatic carbocycles. The highest BCUT2D eigenvalue weighted by Crippen LogP contribution is 2.09. The lowest BCUT2D eigenvalue weighted by Crippen LogP contribution is -2.40. The number of carbonyl (C=O) groups excluding carboxylic acids is 1. The number of halogens is 1. The number of urea groups is 1. The third-order valence-electron chi connectivity index (χ3n) is 3.45. The van der Waals surface area contributed by atoms with Crippen molar-refractivity contribution in [2.24, 2.45) is 0 Å². The summed E-state index contributed by atoms with van der Waals surface area (Å²) in [5.41, 5.74) is 2.21.